The first-order valence-electron chi connectivity index (χ1n) is 7.00. The molecule has 0 unspecified atom stereocenters. The minimum absolute atomic E-state index is 0.810. The summed E-state index contributed by atoms with van der Waals surface area (Å²) >= 11 is 0. The first kappa shape index (κ1) is 13.6. The zero-order valence-electron chi connectivity index (χ0n) is 12.3. The van der Waals surface area contributed by atoms with Crippen LogP contribution in [0.15, 0.2) is 42.5 Å². The number of H-pyrrole nitrogens is 2. The summed E-state index contributed by atoms with van der Waals surface area (Å²) in [4.78, 5) is 2.21. The summed E-state index contributed by atoms with van der Waals surface area (Å²) in [5.41, 5.74) is 5.35. The van der Waals surface area contributed by atoms with Crippen molar-refractivity contribution in [2.75, 3.05) is 7.05 Å². The van der Waals surface area contributed by atoms with Crippen molar-refractivity contribution >= 4 is 0 Å². The maximum Gasteiger partial charge on any atom is 0.0924 e. The van der Waals surface area contributed by atoms with Crippen LogP contribution in [0.5, 0.6) is 0 Å². The standard InChI is InChI=1S/C16H19N5/c1-12-8-14(18-17-12)10-21(2)11-15-9-16(20-19-15)13-6-4-3-5-7-13/h3-9H,10-11H2,1-2H3,(H,17,18)(H,19,20). The molecule has 0 amide bonds. The fraction of sp³-hybridized carbons (Fsp3) is 0.250. The van der Waals surface area contributed by atoms with Crippen molar-refractivity contribution in [1.82, 2.24) is 25.3 Å². The fourth-order valence-corrected chi connectivity index (χ4v) is 2.38. The number of nitrogens with one attached hydrogen (secondary N) is 2. The Bertz CT molecular complexity index is 698. The van der Waals surface area contributed by atoms with Gasteiger partial charge >= 0.3 is 0 Å². The molecule has 3 rings (SSSR count). The van der Waals surface area contributed by atoms with Crippen LogP contribution in [0, 0.1) is 6.92 Å². The SMILES string of the molecule is Cc1cc(CN(C)Cc2cc(-c3ccccc3)n[nH]2)n[nH]1. The van der Waals surface area contributed by atoms with E-state index < -0.39 is 0 Å². The van der Waals surface area contributed by atoms with E-state index >= 15 is 0 Å². The lowest BCUT2D eigenvalue weighted by atomic mass is 10.1. The number of aromatic amines is 2. The molecule has 0 fully saturated rings. The molecule has 0 bridgehead atoms. The topological polar surface area (TPSA) is 60.6 Å². The van der Waals surface area contributed by atoms with E-state index in [0.717, 1.165) is 41.4 Å². The van der Waals surface area contributed by atoms with Crippen LogP contribution in [0.4, 0.5) is 0 Å². The van der Waals surface area contributed by atoms with E-state index in [-0.39, 0.29) is 0 Å². The number of hydrogen-bond acceptors (Lipinski definition) is 3. The summed E-state index contributed by atoms with van der Waals surface area (Å²) in [7, 11) is 2.08. The summed E-state index contributed by atoms with van der Waals surface area (Å²) in [5, 5.41) is 14.7. The van der Waals surface area contributed by atoms with Crippen LogP contribution in [-0.4, -0.2) is 32.3 Å². The molecule has 0 saturated carbocycles. The maximum absolute atomic E-state index is 4.38. The summed E-state index contributed by atoms with van der Waals surface area (Å²) in [6.07, 6.45) is 0. The predicted octanol–water partition coefficient (Wildman–Crippen LogP) is 2.74. The lowest BCUT2D eigenvalue weighted by molar-refractivity contribution is 0.311. The lowest BCUT2D eigenvalue weighted by Gasteiger charge is -2.13. The van der Waals surface area contributed by atoms with E-state index in [1.54, 1.807) is 0 Å². The molecular formula is C16H19N5. The average molecular weight is 281 g/mol. The Kier molecular flexibility index (Phi) is 3.83. The van der Waals surface area contributed by atoms with E-state index in [4.69, 9.17) is 0 Å². The van der Waals surface area contributed by atoms with Crippen LogP contribution >= 0.6 is 0 Å². The lowest BCUT2D eigenvalue weighted by Crippen LogP contribution is -2.17. The third-order valence-corrected chi connectivity index (χ3v) is 3.33. The van der Waals surface area contributed by atoms with Gasteiger partial charge in [0, 0.05) is 30.0 Å². The van der Waals surface area contributed by atoms with E-state index in [0.29, 0.717) is 0 Å². The van der Waals surface area contributed by atoms with Gasteiger partial charge in [-0.25, -0.2) is 0 Å². The Labute approximate surface area is 124 Å². The third kappa shape index (κ3) is 3.38. The smallest absolute Gasteiger partial charge is 0.0924 e. The second-order valence-corrected chi connectivity index (χ2v) is 5.36. The van der Waals surface area contributed by atoms with E-state index in [1.807, 2.05) is 25.1 Å². The van der Waals surface area contributed by atoms with E-state index in [9.17, 15) is 0 Å². The van der Waals surface area contributed by atoms with Gasteiger partial charge in [-0.1, -0.05) is 30.3 Å². The van der Waals surface area contributed by atoms with Gasteiger partial charge in [-0.15, -0.1) is 0 Å². The molecule has 0 aliphatic rings. The van der Waals surface area contributed by atoms with Crippen LogP contribution in [-0.2, 0) is 13.1 Å². The maximum atomic E-state index is 4.38. The first-order valence-corrected chi connectivity index (χ1v) is 7.00. The Morgan fingerprint density at radius 1 is 1.00 bits per heavy atom. The Morgan fingerprint density at radius 3 is 2.52 bits per heavy atom. The van der Waals surface area contributed by atoms with Crippen molar-refractivity contribution < 1.29 is 0 Å². The van der Waals surface area contributed by atoms with Crippen molar-refractivity contribution in [1.29, 1.82) is 0 Å². The van der Waals surface area contributed by atoms with Gasteiger partial charge in [-0.05, 0) is 26.1 Å². The number of benzene rings is 1. The van der Waals surface area contributed by atoms with Crippen LogP contribution in [0.1, 0.15) is 17.1 Å². The van der Waals surface area contributed by atoms with Crippen LogP contribution in [0.3, 0.4) is 0 Å². The summed E-state index contributed by atoms with van der Waals surface area (Å²) < 4.78 is 0. The fourth-order valence-electron chi connectivity index (χ4n) is 2.38. The molecule has 21 heavy (non-hydrogen) atoms. The van der Waals surface area contributed by atoms with Crippen LogP contribution in [0.25, 0.3) is 11.3 Å². The van der Waals surface area contributed by atoms with Crippen molar-refractivity contribution in [3.05, 3.63) is 59.5 Å². The van der Waals surface area contributed by atoms with Crippen molar-refractivity contribution in [3.8, 4) is 11.3 Å². The van der Waals surface area contributed by atoms with E-state index in [1.165, 1.54) is 0 Å². The quantitative estimate of drug-likeness (QED) is 0.756. The molecule has 0 radical (unpaired) electrons. The van der Waals surface area contributed by atoms with Gasteiger partial charge < -0.3 is 0 Å². The van der Waals surface area contributed by atoms with E-state index in [2.05, 4.69) is 56.6 Å². The normalized spacial score (nSPS) is 11.2. The molecule has 0 saturated heterocycles. The molecule has 0 aliphatic carbocycles. The number of rotatable bonds is 5. The van der Waals surface area contributed by atoms with Gasteiger partial charge in [-0.3, -0.25) is 15.1 Å². The second kappa shape index (κ2) is 5.93. The summed E-state index contributed by atoms with van der Waals surface area (Å²) in [6.45, 7) is 3.63. The summed E-state index contributed by atoms with van der Waals surface area (Å²) in [5.74, 6) is 0. The van der Waals surface area contributed by atoms with Gasteiger partial charge in [0.1, 0.15) is 0 Å². The molecule has 2 heterocycles. The zero-order valence-corrected chi connectivity index (χ0v) is 12.3. The predicted molar refractivity (Wildman–Crippen MR) is 82.5 cm³/mol. The Morgan fingerprint density at radius 2 is 1.81 bits per heavy atom. The Hall–Kier alpha value is -2.40. The largest absolute Gasteiger partial charge is 0.295 e. The highest BCUT2D eigenvalue weighted by molar-refractivity contribution is 5.58. The Balaban J connectivity index is 1.64. The molecular weight excluding hydrogens is 262 g/mol. The van der Waals surface area contributed by atoms with Crippen LogP contribution in [0.2, 0.25) is 0 Å². The second-order valence-electron chi connectivity index (χ2n) is 5.36. The molecule has 0 spiro atoms. The van der Waals surface area contributed by atoms with Crippen LogP contribution < -0.4 is 0 Å². The summed E-state index contributed by atoms with van der Waals surface area (Å²) in [6, 6.07) is 14.4. The molecule has 3 aromatic rings. The van der Waals surface area contributed by atoms with Gasteiger partial charge in [0.15, 0.2) is 0 Å². The van der Waals surface area contributed by atoms with Crippen molar-refractivity contribution in [2.24, 2.45) is 0 Å². The van der Waals surface area contributed by atoms with Crippen molar-refractivity contribution in [3.63, 3.8) is 0 Å². The molecule has 1 aromatic carbocycles. The van der Waals surface area contributed by atoms with Crippen molar-refractivity contribution in [2.45, 2.75) is 20.0 Å². The molecule has 108 valence electrons. The molecule has 2 aromatic heterocycles. The monoisotopic (exact) mass is 281 g/mol. The molecule has 5 heteroatoms. The minimum atomic E-state index is 0.810. The zero-order chi connectivity index (χ0) is 14.7. The van der Waals surface area contributed by atoms with Gasteiger partial charge in [0.05, 0.1) is 11.4 Å². The highest BCUT2D eigenvalue weighted by Crippen LogP contribution is 2.17. The molecule has 0 atom stereocenters. The number of hydrogen-bond donors (Lipinski definition) is 2. The highest BCUT2D eigenvalue weighted by Gasteiger charge is 2.08. The first-order chi connectivity index (χ1) is 10.2. The van der Waals surface area contributed by atoms with Gasteiger partial charge in [-0.2, -0.15) is 10.2 Å². The average Bonchev–Trinajstić information content (AvgIpc) is 3.09. The van der Waals surface area contributed by atoms with Gasteiger partial charge in [0.25, 0.3) is 0 Å². The molecule has 5 nitrogen and oxygen atoms in total. The minimum Gasteiger partial charge on any atom is -0.295 e. The third-order valence-electron chi connectivity index (χ3n) is 3.33. The number of aromatic nitrogens is 4. The highest BCUT2D eigenvalue weighted by atomic mass is 15.2. The number of nitrogens with zero attached hydrogens (tertiary/aromatic N) is 3. The molecule has 0 aliphatic heterocycles. The molecule has 2 N–H and O–H groups in total. The number of aryl methyl sites for hydroxylation is 1. The van der Waals surface area contributed by atoms with Gasteiger partial charge in [0.2, 0.25) is 0 Å².